The van der Waals surface area contributed by atoms with Crippen LogP contribution >= 0.6 is 0 Å². The van der Waals surface area contributed by atoms with E-state index in [9.17, 15) is 4.79 Å². The van der Waals surface area contributed by atoms with E-state index in [2.05, 4.69) is 0 Å². The number of carbonyl (C=O) groups is 1. The zero-order valence-electron chi connectivity index (χ0n) is 10.5. The van der Waals surface area contributed by atoms with E-state index in [1.54, 1.807) is 7.11 Å². The number of benzene rings is 1. The molecule has 0 bridgehead atoms. The normalized spacial score (nSPS) is 17.4. The van der Waals surface area contributed by atoms with E-state index < -0.39 is 0 Å². The first-order valence-electron chi connectivity index (χ1n) is 6.01. The zero-order valence-corrected chi connectivity index (χ0v) is 10.5. The molecule has 92 valence electrons. The predicted molar refractivity (Wildman–Crippen MR) is 67.4 cm³/mol. The Balaban J connectivity index is 2.13. The molecule has 0 spiro atoms. The molecule has 2 N–H and O–H groups in total. The van der Waals surface area contributed by atoms with Crippen molar-refractivity contribution in [1.82, 2.24) is 0 Å². The van der Waals surface area contributed by atoms with E-state index in [1.165, 1.54) is 0 Å². The second kappa shape index (κ2) is 4.49. The Hall–Kier alpha value is -1.35. The zero-order chi connectivity index (χ0) is 12.5. The topological polar surface area (TPSA) is 52.3 Å². The Morgan fingerprint density at radius 3 is 2.65 bits per heavy atom. The van der Waals surface area contributed by atoms with E-state index in [4.69, 9.17) is 10.5 Å². The van der Waals surface area contributed by atoms with Crippen molar-refractivity contribution in [3.05, 3.63) is 29.3 Å². The molecule has 3 nitrogen and oxygen atoms in total. The van der Waals surface area contributed by atoms with Gasteiger partial charge in [-0.3, -0.25) is 4.79 Å². The molecule has 1 aromatic rings. The number of carbonyl (C=O) groups excluding carboxylic acids is 1. The average molecular weight is 233 g/mol. The third-order valence-corrected chi connectivity index (χ3v) is 3.60. The monoisotopic (exact) mass is 233 g/mol. The summed E-state index contributed by atoms with van der Waals surface area (Å²) in [6, 6.07) is 5.54. The van der Waals surface area contributed by atoms with Gasteiger partial charge in [-0.15, -0.1) is 0 Å². The van der Waals surface area contributed by atoms with Gasteiger partial charge in [0, 0.05) is 17.5 Å². The smallest absolute Gasteiger partial charge is 0.164 e. The lowest BCUT2D eigenvalue weighted by atomic mass is 9.73. The second-order valence-electron chi connectivity index (χ2n) is 5.00. The number of rotatable bonds is 4. The van der Waals surface area contributed by atoms with Gasteiger partial charge in [-0.05, 0) is 49.9 Å². The highest BCUT2D eigenvalue weighted by Crippen LogP contribution is 2.33. The van der Waals surface area contributed by atoms with E-state index in [1.807, 2.05) is 25.1 Å². The molecule has 1 aliphatic carbocycles. The molecule has 0 unspecified atom stereocenters. The Bertz CT molecular complexity index is 436. The molecule has 1 aliphatic rings. The number of aryl methyl sites for hydroxylation is 1. The molecule has 0 atom stereocenters. The molecule has 1 fully saturated rings. The largest absolute Gasteiger partial charge is 0.497 e. The Morgan fingerprint density at radius 1 is 1.47 bits per heavy atom. The molecular weight excluding hydrogens is 214 g/mol. The lowest BCUT2D eigenvalue weighted by Crippen LogP contribution is -2.48. The first-order chi connectivity index (χ1) is 8.04. The molecule has 3 heteroatoms. The summed E-state index contributed by atoms with van der Waals surface area (Å²) >= 11 is 0. The van der Waals surface area contributed by atoms with Crippen molar-refractivity contribution in [3.63, 3.8) is 0 Å². The number of hydrogen-bond donors (Lipinski definition) is 1. The molecule has 1 aromatic carbocycles. The van der Waals surface area contributed by atoms with Gasteiger partial charge in [0.05, 0.1) is 7.11 Å². The molecule has 2 rings (SSSR count). The SMILES string of the molecule is COc1ccc(C(=O)CC2(N)CCC2)c(C)c1. The molecule has 0 heterocycles. The number of nitrogens with two attached hydrogens (primary N) is 1. The van der Waals surface area contributed by atoms with Crippen LogP contribution < -0.4 is 10.5 Å². The van der Waals surface area contributed by atoms with Crippen molar-refractivity contribution in [1.29, 1.82) is 0 Å². The number of ketones is 1. The lowest BCUT2D eigenvalue weighted by Gasteiger charge is -2.37. The minimum atomic E-state index is -0.247. The van der Waals surface area contributed by atoms with Gasteiger partial charge in [-0.2, -0.15) is 0 Å². The number of methoxy groups -OCH3 is 1. The van der Waals surface area contributed by atoms with Crippen LogP contribution in [0.5, 0.6) is 5.75 Å². The summed E-state index contributed by atoms with van der Waals surface area (Å²) in [4.78, 5) is 12.2. The van der Waals surface area contributed by atoms with Crippen LogP contribution in [0.25, 0.3) is 0 Å². The van der Waals surface area contributed by atoms with Crippen LogP contribution in [0, 0.1) is 6.92 Å². The molecule has 1 saturated carbocycles. The predicted octanol–water partition coefficient (Wildman–Crippen LogP) is 2.46. The molecule has 0 aromatic heterocycles. The van der Waals surface area contributed by atoms with Gasteiger partial charge in [0.1, 0.15) is 5.75 Å². The number of Topliss-reactive ketones (excluding diaryl/α,β-unsaturated/α-hetero) is 1. The van der Waals surface area contributed by atoms with Crippen LogP contribution in [0.15, 0.2) is 18.2 Å². The number of hydrogen-bond acceptors (Lipinski definition) is 3. The van der Waals surface area contributed by atoms with E-state index in [0.29, 0.717) is 6.42 Å². The number of ether oxygens (including phenoxy) is 1. The van der Waals surface area contributed by atoms with Crippen LogP contribution in [0.4, 0.5) is 0 Å². The fourth-order valence-corrected chi connectivity index (χ4v) is 2.30. The maximum absolute atomic E-state index is 12.2. The molecule has 17 heavy (non-hydrogen) atoms. The maximum Gasteiger partial charge on any atom is 0.164 e. The summed E-state index contributed by atoms with van der Waals surface area (Å²) in [5, 5.41) is 0. The van der Waals surface area contributed by atoms with Crippen molar-refractivity contribution in [2.75, 3.05) is 7.11 Å². The summed E-state index contributed by atoms with van der Waals surface area (Å²) in [5.74, 6) is 0.928. The first kappa shape index (κ1) is 12.1. The maximum atomic E-state index is 12.2. The molecule has 0 amide bonds. The van der Waals surface area contributed by atoms with Gasteiger partial charge >= 0.3 is 0 Å². The molecule has 0 aliphatic heterocycles. The minimum absolute atomic E-state index is 0.146. The van der Waals surface area contributed by atoms with Crippen LogP contribution in [0.2, 0.25) is 0 Å². The van der Waals surface area contributed by atoms with E-state index in [0.717, 1.165) is 36.1 Å². The van der Waals surface area contributed by atoms with E-state index in [-0.39, 0.29) is 11.3 Å². The third-order valence-electron chi connectivity index (χ3n) is 3.60. The first-order valence-corrected chi connectivity index (χ1v) is 6.01. The third kappa shape index (κ3) is 2.50. The highest BCUT2D eigenvalue weighted by Gasteiger charge is 2.35. The van der Waals surface area contributed by atoms with Crippen molar-refractivity contribution in [2.24, 2.45) is 5.73 Å². The summed E-state index contributed by atoms with van der Waals surface area (Å²) < 4.78 is 5.13. The fraction of sp³-hybridized carbons (Fsp3) is 0.500. The van der Waals surface area contributed by atoms with Crippen molar-refractivity contribution in [3.8, 4) is 5.75 Å². The summed E-state index contributed by atoms with van der Waals surface area (Å²) in [5.41, 5.74) is 7.58. The Labute approximate surface area is 102 Å². The minimum Gasteiger partial charge on any atom is -0.497 e. The molecule has 0 radical (unpaired) electrons. The fourth-order valence-electron chi connectivity index (χ4n) is 2.30. The van der Waals surface area contributed by atoms with Gasteiger partial charge in [0.15, 0.2) is 5.78 Å². The summed E-state index contributed by atoms with van der Waals surface area (Å²) in [6.45, 7) is 1.93. The van der Waals surface area contributed by atoms with Crippen LogP contribution in [-0.4, -0.2) is 18.4 Å². The van der Waals surface area contributed by atoms with Gasteiger partial charge in [-0.25, -0.2) is 0 Å². The van der Waals surface area contributed by atoms with Crippen LogP contribution in [0.1, 0.15) is 41.6 Å². The van der Waals surface area contributed by atoms with Gasteiger partial charge < -0.3 is 10.5 Å². The molecule has 0 saturated heterocycles. The Morgan fingerprint density at radius 2 is 2.18 bits per heavy atom. The molecular formula is C14H19NO2. The standard InChI is InChI=1S/C14H19NO2/c1-10-8-11(17-2)4-5-12(10)13(16)9-14(15)6-3-7-14/h4-5,8H,3,6-7,9,15H2,1-2H3. The van der Waals surface area contributed by atoms with Gasteiger partial charge in [-0.1, -0.05) is 0 Å². The van der Waals surface area contributed by atoms with Crippen molar-refractivity contribution >= 4 is 5.78 Å². The van der Waals surface area contributed by atoms with Crippen molar-refractivity contribution < 1.29 is 9.53 Å². The van der Waals surface area contributed by atoms with Crippen LogP contribution in [-0.2, 0) is 0 Å². The van der Waals surface area contributed by atoms with E-state index >= 15 is 0 Å². The van der Waals surface area contributed by atoms with Crippen LogP contribution in [0.3, 0.4) is 0 Å². The highest BCUT2D eigenvalue weighted by molar-refractivity contribution is 5.98. The summed E-state index contributed by atoms with van der Waals surface area (Å²) in [7, 11) is 1.62. The van der Waals surface area contributed by atoms with Gasteiger partial charge in [0.2, 0.25) is 0 Å². The Kier molecular flexibility index (Phi) is 3.20. The highest BCUT2D eigenvalue weighted by atomic mass is 16.5. The quantitative estimate of drug-likeness (QED) is 0.813. The van der Waals surface area contributed by atoms with Gasteiger partial charge in [0.25, 0.3) is 0 Å². The average Bonchev–Trinajstić information content (AvgIpc) is 2.26. The lowest BCUT2D eigenvalue weighted by molar-refractivity contribution is 0.0911. The second-order valence-corrected chi connectivity index (χ2v) is 5.00. The van der Waals surface area contributed by atoms with Crippen molar-refractivity contribution in [2.45, 2.75) is 38.1 Å². The summed E-state index contributed by atoms with van der Waals surface area (Å²) in [6.07, 6.45) is 3.54.